The van der Waals surface area contributed by atoms with E-state index in [0.29, 0.717) is 6.42 Å². The van der Waals surface area contributed by atoms with Gasteiger partial charge < -0.3 is 5.32 Å². The van der Waals surface area contributed by atoms with Crippen molar-refractivity contribution in [2.45, 2.75) is 51.7 Å². The third-order valence-electron chi connectivity index (χ3n) is 1.84. The van der Waals surface area contributed by atoms with Crippen LogP contribution in [-0.4, -0.2) is 18.8 Å². The van der Waals surface area contributed by atoms with Crippen molar-refractivity contribution in [1.29, 1.82) is 0 Å². The van der Waals surface area contributed by atoms with E-state index in [-0.39, 0.29) is 12.5 Å². The molecule has 4 heteroatoms. The maximum atomic E-state index is 11.7. The third kappa shape index (κ3) is 9.67. The Labute approximate surface area is 77.7 Å². The average molecular weight is 197 g/mol. The van der Waals surface area contributed by atoms with Crippen LogP contribution in [0.3, 0.4) is 0 Å². The van der Waals surface area contributed by atoms with Crippen molar-refractivity contribution in [2.24, 2.45) is 0 Å². The van der Waals surface area contributed by atoms with Crippen LogP contribution in [0.4, 0.5) is 13.2 Å². The van der Waals surface area contributed by atoms with Crippen LogP contribution in [0.5, 0.6) is 0 Å². The first-order valence-electron chi connectivity index (χ1n) is 4.76. The van der Waals surface area contributed by atoms with E-state index < -0.39 is 12.6 Å². The third-order valence-corrected chi connectivity index (χ3v) is 1.84. The molecular weight excluding hydrogens is 179 g/mol. The fourth-order valence-electron chi connectivity index (χ4n) is 1.10. The van der Waals surface area contributed by atoms with E-state index in [9.17, 15) is 13.2 Å². The quantitative estimate of drug-likeness (QED) is 0.690. The van der Waals surface area contributed by atoms with Gasteiger partial charge in [-0.15, -0.1) is 0 Å². The molecule has 0 aromatic carbocycles. The summed E-state index contributed by atoms with van der Waals surface area (Å²) >= 11 is 0. The minimum Gasteiger partial charge on any atom is -0.314 e. The summed E-state index contributed by atoms with van der Waals surface area (Å²) in [5.41, 5.74) is 0. The number of nitrogens with one attached hydrogen (secondary N) is 1. The summed E-state index contributed by atoms with van der Waals surface area (Å²) < 4.78 is 35.2. The molecule has 1 nitrogen and oxygen atoms in total. The average Bonchev–Trinajstić information content (AvgIpc) is 1.98. The Hall–Kier alpha value is -0.250. The van der Waals surface area contributed by atoms with Gasteiger partial charge in [-0.25, -0.2) is 0 Å². The fourth-order valence-corrected chi connectivity index (χ4v) is 1.10. The zero-order chi connectivity index (χ0) is 10.3. The number of hydrogen-bond donors (Lipinski definition) is 1. The van der Waals surface area contributed by atoms with Gasteiger partial charge in [-0.2, -0.15) is 13.2 Å². The first kappa shape index (κ1) is 12.8. The van der Waals surface area contributed by atoms with Crippen molar-refractivity contribution in [2.75, 3.05) is 6.54 Å². The fraction of sp³-hybridized carbons (Fsp3) is 1.00. The summed E-state index contributed by atoms with van der Waals surface area (Å²) in [6.07, 6.45) is -2.82. The standard InChI is InChI=1S/C9H18F3N/c1-3-7-13-8(2)5-4-6-9(10,11)12/h8,13H,3-7H2,1-2H3. The van der Waals surface area contributed by atoms with Crippen LogP contribution in [0.2, 0.25) is 0 Å². The van der Waals surface area contributed by atoms with E-state index in [0.717, 1.165) is 13.0 Å². The lowest BCUT2D eigenvalue weighted by atomic mass is 10.1. The molecule has 0 aromatic rings. The number of alkyl halides is 3. The van der Waals surface area contributed by atoms with Crippen molar-refractivity contribution in [3.8, 4) is 0 Å². The zero-order valence-corrected chi connectivity index (χ0v) is 8.25. The molecule has 0 heterocycles. The van der Waals surface area contributed by atoms with Crippen molar-refractivity contribution in [3.63, 3.8) is 0 Å². The van der Waals surface area contributed by atoms with Crippen LogP contribution < -0.4 is 5.32 Å². The molecule has 0 spiro atoms. The second-order valence-corrected chi connectivity index (χ2v) is 3.36. The largest absolute Gasteiger partial charge is 0.389 e. The minimum atomic E-state index is -4.00. The lowest BCUT2D eigenvalue weighted by molar-refractivity contribution is -0.135. The number of halogens is 3. The topological polar surface area (TPSA) is 12.0 Å². The summed E-state index contributed by atoms with van der Waals surface area (Å²) in [5.74, 6) is 0. The zero-order valence-electron chi connectivity index (χ0n) is 8.25. The van der Waals surface area contributed by atoms with E-state index in [2.05, 4.69) is 5.32 Å². The van der Waals surface area contributed by atoms with E-state index in [1.807, 2.05) is 13.8 Å². The summed E-state index contributed by atoms with van der Waals surface area (Å²) in [4.78, 5) is 0. The molecule has 0 amide bonds. The Morgan fingerprint density at radius 2 is 1.92 bits per heavy atom. The van der Waals surface area contributed by atoms with Gasteiger partial charge in [-0.05, 0) is 32.7 Å². The Balaban J connectivity index is 3.31. The second-order valence-electron chi connectivity index (χ2n) is 3.36. The maximum absolute atomic E-state index is 11.7. The highest BCUT2D eigenvalue weighted by molar-refractivity contribution is 4.61. The molecule has 0 fully saturated rings. The van der Waals surface area contributed by atoms with E-state index in [4.69, 9.17) is 0 Å². The van der Waals surface area contributed by atoms with Crippen LogP contribution >= 0.6 is 0 Å². The Morgan fingerprint density at radius 1 is 1.31 bits per heavy atom. The molecular formula is C9H18F3N. The minimum absolute atomic E-state index is 0.197. The molecule has 0 saturated heterocycles. The molecule has 0 aliphatic heterocycles. The van der Waals surface area contributed by atoms with Crippen LogP contribution in [0, 0.1) is 0 Å². The summed E-state index contributed by atoms with van der Waals surface area (Å²) in [6.45, 7) is 4.84. The molecule has 0 radical (unpaired) electrons. The summed E-state index contributed by atoms with van der Waals surface area (Å²) in [7, 11) is 0. The van der Waals surface area contributed by atoms with Gasteiger partial charge in [0, 0.05) is 12.5 Å². The highest BCUT2D eigenvalue weighted by Gasteiger charge is 2.26. The van der Waals surface area contributed by atoms with Crippen molar-refractivity contribution >= 4 is 0 Å². The van der Waals surface area contributed by atoms with Gasteiger partial charge in [0.15, 0.2) is 0 Å². The Bertz CT molecular complexity index is 123. The highest BCUT2D eigenvalue weighted by atomic mass is 19.4. The highest BCUT2D eigenvalue weighted by Crippen LogP contribution is 2.22. The molecule has 0 rings (SSSR count). The molecule has 0 bridgehead atoms. The Morgan fingerprint density at radius 3 is 2.38 bits per heavy atom. The van der Waals surface area contributed by atoms with Crippen molar-refractivity contribution in [1.82, 2.24) is 5.32 Å². The molecule has 0 aliphatic carbocycles. The van der Waals surface area contributed by atoms with Crippen LogP contribution in [-0.2, 0) is 0 Å². The normalized spacial score (nSPS) is 14.5. The van der Waals surface area contributed by atoms with Crippen LogP contribution in [0.25, 0.3) is 0 Å². The van der Waals surface area contributed by atoms with Gasteiger partial charge in [0.05, 0.1) is 0 Å². The van der Waals surface area contributed by atoms with Crippen LogP contribution in [0.15, 0.2) is 0 Å². The molecule has 1 atom stereocenters. The van der Waals surface area contributed by atoms with Crippen LogP contribution in [0.1, 0.15) is 39.5 Å². The molecule has 1 unspecified atom stereocenters. The van der Waals surface area contributed by atoms with Gasteiger partial charge in [-0.3, -0.25) is 0 Å². The molecule has 0 aliphatic rings. The first-order valence-corrected chi connectivity index (χ1v) is 4.76. The maximum Gasteiger partial charge on any atom is 0.389 e. The molecule has 0 saturated carbocycles. The summed E-state index contributed by atoms with van der Waals surface area (Å²) in [5, 5.41) is 3.15. The van der Waals surface area contributed by atoms with Gasteiger partial charge >= 0.3 is 6.18 Å². The Kier molecular flexibility index (Phi) is 6.12. The van der Waals surface area contributed by atoms with Crippen molar-refractivity contribution < 1.29 is 13.2 Å². The lowest BCUT2D eigenvalue weighted by Crippen LogP contribution is -2.26. The predicted octanol–water partition coefficient (Wildman–Crippen LogP) is 3.11. The SMILES string of the molecule is CCCNC(C)CCCC(F)(F)F. The molecule has 80 valence electrons. The number of hydrogen-bond acceptors (Lipinski definition) is 1. The smallest absolute Gasteiger partial charge is 0.314 e. The molecule has 13 heavy (non-hydrogen) atoms. The van der Waals surface area contributed by atoms with Crippen molar-refractivity contribution in [3.05, 3.63) is 0 Å². The van der Waals surface area contributed by atoms with Gasteiger partial charge in [0.1, 0.15) is 0 Å². The van der Waals surface area contributed by atoms with Gasteiger partial charge in [-0.1, -0.05) is 6.92 Å². The predicted molar refractivity (Wildman–Crippen MR) is 47.7 cm³/mol. The van der Waals surface area contributed by atoms with E-state index in [1.54, 1.807) is 0 Å². The first-order chi connectivity index (χ1) is 5.95. The van der Waals surface area contributed by atoms with Gasteiger partial charge in [0.25, 0.3) is 0 Å². The van der Waals surface area contributed by atoms with E-state index >= 15 is 0 Å². The van der Waals surface area contributed by atoms with E-state index in [1.165, 1.54) is 0 Å². The number of rotatable bonds is 6. The molecule has 0 aromatic heterocycles. The van der Waals surface area contributed by atoms with Gasteiger partial charge in [0.2, 0.25) is 0 Å². The monoisotopic (exact) mass is 197 g/mol. The summed E-state index contributed by atoms with van der Waals surface area (Å²) in [6, 6.07) is 0.197. The second kappa shape index (κ2) is 6.24. The molecule has 1 N–H and O–H groups in total. The lowest BCUT2D eigenvalue weighted by Gasteiger charge is -2.13.